The molecule has 15 heavy (non-hydrogen) atoms. The second-order valence-corrected chi connectivity index (χ2v) is 2.62. The van der Waals surface area contributed by atoms with Crippen LogP contribution in [0.15, 0.2) is 12.3 Å². The molecule has 6 heteroatoms. The molecule has 0 aromatic carbocycles. The van der Waals surface area contributed by atoms with Crippen molar-refractivity contribution in [1.82, 2.24) is 4.98 Å². The summed E-state index contributed by atoms with van der Waals surface area (Å²) in [6, 6.07) is 1.07. The van der Waals surface area contributed by atoms with Crippen LogP contribution in [-0.2, 0) is 4.74 Å². The van der Waals surface area contributed by atoms with Gasteiger partial charge in [0, 0.05) is 13.3 Å². The summed E-state index contributed by atoms with van der Waals surface area (Å²) in [5, 5.41) is 8.61. The molecule has 82 valence electrons. The minimum atomic E-state index is -1.36. The van der Waals surface area contributed by atoms with Crippen molar-refractivity contribution in [2.24, 2.45) is 0 Å². The highest BCUT2D eigenvalue weighted by atomic mass is 19.1. The van der Waals surface area contributed by atoms with Crippen molar-refractivity contribution in [2.75, 3.05) is 20.3 Å². The summed E-state index contributed by atoms with van der Waals surface area (Å²) in [6.45, 7) is 0.391. The van der Waals surface area contributed by atoms with Crippen molar-refractivity contribution in [3.8, 4) is 5.88 Å². The van der Waals surface area contributed by atoms with Crippen LogP contribution in [0.25, 0.3) is 0 Å². The number of halogens is 1. The van der Waals surface area contributed by atoms with Crippen molar-refractivity contribution in [3.63, 3.8) is 0 Å². The van der Waals surface area contributed by atoms with Gasteiger partial charge in [-0.1, -0.05) is 0 Å². The highest BCUT2D eigenvalue weighted by Gasteiger charge is 2.15. The number of methoxy groups -OCH3 is 1. The molecule has 0 unspecified atom stereocenters. The van der Waals surface area contributed by atoms with E-state index in [0.29, 0.717) is 0 Å². The highest BCUT2D eigenvalue weighted by molar-refractivity contribution is 5.88. The van der Waals surface area contributed by atoms with Gasteiger partial charge in [-0.05, 0) is 6.07 Å². The number of carbonyl (C=O) groups is 1. The molecule has 0 radical (unpaired) electrons. The number of carboxylic acids is 1. The van der Waals surface area contributed by atoms with Crippen LogP contribution in [0.2, 0.25) is 0 Å². The second kappa shape index (κ2) is 5.26. The third-order valence-electron chi connectivity index (χ3n) is 1.61. The first kappa shape index (κ1) is 11.4. The Morgan fingerprint density at radius 1 is 1.60 bits per heavy atom. The van der Waals surface area contributed by atoms with Gasteiger partial charge in [0.25, 0.3) is 5.88 Å². The lowest BCUT2D eigenvalue weighted by molar-refractivity contribution is 0.0689. The highest BCUT2D eigenvalue weighted by Crippen LogP contribution is 2.16. The van der Waals surface area contributed by atoms with E-state index in [4.69, 9.17) is 9.84 Å². The summed E-state index contributed by atoms with van der Waals surface area (Å²) < 4.78 is 22.9. The van der Waals surface area contributed by atoms with Gasteiger partial charge in [0.05, 0.1) is 6.61 Å². The van der Waals surface area contributed by atoms with Gasteiger partial charge in [0.2, 0.25) is 0 Å². The Morgan fingerprint density at radius 2 is 2.33 bits per heavy atom. The average molecular weight is 215 g/mol. The maximum atomic E-state index is 13.3. The zero-order chi connectivity index (χ0) is 11.3. The van der Waals surface area contributed by atoms with Crippen LogP contribution in [0.3, 0.4) is 0 Å². The van der Waals surface area contributed by atoms with E-state index in [-0.39, 0.29) is 19.1 Å². The van der Waals surface area contributed by atoms with E-state index in [2.05, 4.69) is 9.72 Å². The van der Waals surface area contributed by atoms with Gasteiger partial charge in [-0.25, -0.2) is 14.2 Å². The number of hydrogen-bond donors (Lipinski definition) is 1. The van der Waals surface area contributed by atoms with E-state index in [0.717, 1.165) is 6.07 Å². The van der Waals surface area contributed by atoms with Crippen LogP contribution in [0.5, 0.6) is 5.88 Å². The normalized spacial score (nSPS) is 10.0. The molecular formula is C9H10FNO4. The number of aromatic nitrogens is 1. The summed E-state index contributed by atoms with van der Waals surface area (Å²) in [7, 11) is 1.47. The van der Waals surface area contributed by atoms with Crippen molar-refractivity contribution in [1.29, 1.82) is 0 Å². The lowest BCUT2D eigenvalue weighted by atomic mass is 10.2. The lowest BCUT2D eigenvalue weighted by Gasteiger charge is -2.06. The Morgan fingerprint density at radius 3 is 2.93 bits per heavy atom. The summed E-state index contributed by atoms with van der Waals surface area (Å²) in [5.74, 6) is -2.65. The topological polar surface area (TPSA) is 68.7 Å². The van der Waals surface area contributed by atoms with Crippen LogP contribution in [0, 0.1) is 5.82 Å². The maximum Gasteiger partial charge on any atom is 0.338 e. The van der Waals surface area contributed by atoms with Gasteiger partial charge >= 0.3 is 5.97 Å². The van der Waals surface area contributed by atoms with E-state index < -0.39 is 17.3 Å². The average Bonchev–Trinajstić information content (AvgIpc) is 2.20. The fraction of sp³-hybridized carbons (Fsp3) is 0.333. The summed E-state index contributed by atoms with van der Waals surface area (Å²) in [4.78, 5) is 14.1. The van der Waals surface area contributed by atoms with Crippen LogP contribution in [-0.4, -0.2) is 36.4 Å². The standard InChI is InChI=1S/C9H10FNO4/c1-14-4-5-15-8-7(10)6(9(12)13)2-3-11-8/h2-3H,4-5H2,1H3,(H,12,13). The lowest BCUT2D eigenvalue weighted by Crippen LogP contribution is -2.09. The van der Waals surface area contributed by atoms with Gasteiger partial charge in [0.15, 0.2) is 5.82 Å². The third-order valence-corrected chi connectivity index (χ3v) is 1.61. The summed E-state index contributed by atoms with van der Waals surface area (Å²) in [5.41, 5.74) is -0.461. The van der Waals surface area contributed by atoms with Gasteiger partial charge in [-0.2, -0.15) is 0 Å². The zero-order valence-electron chi connectivity index (χ0n) is 8.07. The Labute approximate surface area is 85.5 Å². The van der Waals surface area contributed by atoms with Crippen molar-refractivity contribution < 1.29 is 23.8 Å². The minimum absolute atomic E-state index is 0.115. The van der Waals surface area contributed by atoms with Gasteiger partial charge in [0.1, 0.15) is 12.2 Å². The van der Waals surface area contributed by atoms with E-state index in [9.17, 15) is 9.18 Å². The Hall–Kier alpha value is -1.69. The van der Waals surface area contributed by atoms with Crippen LogP contribution >= 0.6 is 0 Å². The number of ether oxygens (including phenoxy) is 2. The van der Waals surface area contributed by atoms with Crippen molar-refractivity contribution >= 4 is 5.97 Å². The Kier molecular flexibility index (Phi) is 3.99. The summed E-state index contributed by atoms with van der Waals surface area (Å²) in [6.07, 6.45) is 1.18. The minimum Gasteiger partial charge on any atom is -0.478 e. The largest absolute Gasteiger partial charge is 0.478 e. The van der Waals surface area contributed by atoms with Crippen LogP contribution in [0.1, 0.15) is 10.4 Å². The molecule has 0 aliphatic heterocycles. The number of carboxylic acid groups (broad SMARTS) is 1. The molecule has 0 aliphatic rings. The van der Waals surface area contributed by atoms with Gasteiger partial charge in [-0.3, -0.25) is 0 Å². The van der Waals surface area contributed by atoms with E-state index >= 15 is 0 Å². The molecule has 0 aliphatic carbocycles. The molecule has 0 spiro atoms. The van der Waals surface area contributed by atoms with Crippen LogP contribution in [0.4, 0.5) is 4.39 Å². The Balaban J connectivity index is 2.80. The number of aromatic carboxylic acids is 1. The van der Waals surface area contributed by atoms with Crippen LogP contribution < -0.4 is 4.74 Å². The predicted octanol–water partition coefficient (Wildman–Crippen LogP) is 0.944. The smallest absolute Gasteiger partial charge is 0.338 e. The van der Waals surface area contributed by atoms with Gasteiger partial charge < -0.3 is 14.6 Å². The van der Waals surface area contributed by atoms with Gasteiger partial charge in [-0.15, -0.1) is 0 Å². The molecule has 0 atom stereocenters. The van der Waals surface area contributed by atoms with E-state index in [1.807, 2.05) is 0 Å². The first-order valence-electron chi connectivity index (χ1n) is 4.16. The maximum absolute atomic E-state index is 13.3. The first-order chi connectivity index (χ1) is 7.16. The molecule has 1 aromatic rings. The molecule has 0 fully saturated rings. The number of hydrogen-bond acceptors (Lipinski definition) is 4. The number of nitrogens with zero attached hydrogens (tertiary/aromatic N) is 1. The number of rotatable bonds is 5. The predicted molar refractivity (Wildman–Crippen MR) is 48.5 cm³/mol. The fourth-order valence-electron chi connectivity index (χ4n) is 0.912. The third kappa shape index (κ3) is 2.88. The molecule has 0 amide bonds. The van der Waals surface area contributed by atoms with Crippen molar-refractivity contribution in [2.45, 2.75) is 0 Å². The molecule has 1 aromatic heterocycles. The Bertz CT molecular complexity index is 356. The monoisotopic (exact) mass is 215 g/mol. The molecule has 1 N–H and O–H groups in total. The first-order valence-corrected chi connectivity index (χ1v) is 4.16. The van der Waals surface area contributed by atoms with Crippen molar-refractivity contribution in [3.05, 3.63) is 23.6 Å². The fourth-order valence-corrected chi connectivity index (χ4v) is 0.912. The molecule has 1 rings (SSSR count). The molecule has 0 saturated carbocycles. The summed E-state index contributed by atoms with van der Waals surface area (Å²) >= 11 is 0. The number of pyridine rings is 1. The van der Waals surface area contributed by atoms with E-state index in [1.165, 1.54) is 13.3 Å². The molecule has 1 heterocycles. The van der Waals surface area contributed by atoms with E-state index in [1.54, 1.807) is 0 Å². The quantitative estimate of drug-likeness (QED) is 0.740. The molecule has 0 bridgehead atoms. The SMILES string of the molecule is COCCOc1nccc(C(=O)O)c1F. The molecule has 0 saturated heterocycles. The second-order valence-electron chi connectivity index (χ2n) is 2.62. The zero-order valence-corrected chi connectivity index (χ0v) is 8.07. The molecular weight excluding hydrogens is 205 g/mol. The molecule has 5 nitrogen and oxygen atoms in total.